The first-order valence-corrected chi connectivity index (χ1v) is 6.48. The third-order valence-electron chi connectivity index (χ3n) is 3.41. The molecule has 0 saturated heterocycles. The van der Waals surface area contributed by atoms with Gasteiger partial charge in [-0.15, -0.1) is 0 Å². The van der Waals surface area contributed by atoms with Gasteiger partial charge in [0.2, 0.25) is 5.91 Å². The molecule has 1 aromatic carbocycles. The first kappa shape index (κ1) is 13.6. The summed E-state index contributed by atoms with van der Waals surface area (Å²) < 4.78 is 0. The number of carbonyl (C=O) groups is 2. The zero-order valence-corrected chi connectivity index (χ0v) is 11.2. The van der Waals surface area contributed by atoms with Gasteiger partial charge in [-0.25, -0.2) is 0 Å². The summed E-state index contributed by atoms with van der Waals surface area (Å²) in [4.78, 5) is 22.8. The van der Waals surface area contributed by atoms with Gasteiger partial charge in [-0.1, -0.05) is 30.3 Å². The summed E-state index contributed by atoms with van der Waals surface area (Å²) >= 11 is 0. The van der Waals surface area contributed by atoms with Crippen molar-refractivity contribution in [3.63, 3.8) is 0 Å². The maximum atomic E-state index is 12.1. The van der Waals surface area contributed by atoms with Crippen LogP contribution in [0.15, 0.2) is 30.3 Å². The second kappa shape index (κ2) is 5.03. The van der Waals surface area contributed by atoms with Gasteiger partial charge in [-0.05, 0) is 31.7 Å². The lowest BCUT2D eigenvalue weighted by Crippen LogP contribution is -2.45. The van der Waals surface area contributed by atoms with Crippen molar-refractivity contribution < 1.29 is 14.7 Å². The molecule has 1 aliphatic carbocycles. The SMILES string of the molecule is CC(C)(CC(=O)O)NC(=O)C1CC1c1ccccc1. The highest BCUT2D eigenvalue weighted by molar-refractivity contribution is 5.84. The molecule has 19 heavy (non-hydrogen) atoms. The van der Waals surface area contributed by atoms with Crippen LogP contribution >= 0.6 is 0 Å². The minimum atomic E-state index is -0.902. The molecule has 1 amide bonds. The lowest BCUT2D eigenvalue weighted by Gasteiger charge is -2.24. The zero-order valence-electron chi connectivity index (χ0n) is 11.2. The van der Waals surface area contributed by atoms with E-state index in [1.807, 2.05) is 30.3 Å². The lowest BCUT2D eigenvalue weighted by molar-refractivity contribution is -0.138. The summed E-state index contributed by atoms with van der Waals surface area (Å²) in [5.41, 5.74) is 0.478. The quantitative estimate of drug-likeness (QED) is 0.853. The molecular weight excluding hydrogens is 242 g/mol. The maximum Gasteiger partial charge on any atom is 0.305 e. The van der Waals surface area contributed by atoms with Gasteiger partial charge < -0.3 is 10.4 Å². The van der Waals surface area contributed by atoms with Gasteiger partial charge in [0.05, 0.1) is 6.42 Å². The van der Waals surface area contributed by atoms with Crippen LogP contribution in [0.5, 0.6) is 0 Å². The molecule has 2 atom stereocenters. The van der Waals surface area contributed by atoms with Gasteiger partial charge in [0, 0.05) is 11.5 Å². The molecule has 0 aliphatic heterocycles. The van der Waals surface area contributed by atoms with Crippen LogP contribution < -0.4 is 5.32 Å². The average molecular weight is 261 g/mol. The van der Waals surface area contributed by atoms with E-state index in [-0.39, 0.29) is 24.2 Å². The molecule has 1 saturated carbocycles. The predicted octanol–water partition coefficient (Wildman–Crippen LogP) is 2.16. The van der Waals surface area contributed by atoms with Crippen molar-refractivity contribution in [2.75, 3.05) is 0 Å². The minimum absolute atomic E-state index is 0.0181. The summed E-state index contributed by atoms with van der Waals surface area (Å²) in [6, 6.07) is 9.95. The fourth-order valence-electron chi connectivity index (χ4n) is 2.40. The van der Waals surface area contributed by atoms with Gasteiger partial charge in [0.25, 0.3) is 0 Å². The molecule has 2 N–H and O–H groups in total. The zero-order chi connectivity index (χ0) is 14.0. The molecule has 2 unspecified atom stereocenters. The molecule has 0 radical (unpaired) electrons. The summed E-state index contributed by atoms with van der Waals surface area (Å²) in [5.74, 6) is -0.682. The Morgan fingerprint density at radius 3 is 2.53 bits per heavy atom. The number of benzene rings is 1. The Morgan fingerprint density at radius 1 is 1.32 bits per heavy atom. The molecule has 0 aromatic heterocycles. The summed E-state index contributed by atoms with van der Waals surface area (Å²) in [7, 11) is 0. The Balaban J connectivity index is 1.91. The van der Waals surface area contributed by atoms with Crippen LogP contribution in [0.25, 0.3) is 0 Å². The predicted molar refractivity (Wildman–Crippen MR) is 71.8 cm³/mol. The first-order chi connectivity index (χ1) is 8.89. The topological polar surface area (TPSA) is 66.4 Å². The molecule has 4 heteroatoms. The minimum Gasteiger partial charge on any atom is -0.481 e. The normalized spacial score (nSPS) is 21.8. The maximum absolute atomic E-state index is 12.1. The molecule has 0 spiro atoms. The molecule has 1 aromatic rings. The van der Waals surface area contributed by atoms with E-state index >= 15 is 0 Å². The van der Waals surface area contributed by atoms with Crippen LogP contribution in [0, 0.1) is 5.92 Å². The van der Waals surface area contributed by atoms with E-state index in [9.17, 15) is 9.59 Å². The molecule has 1 aliphatic rings. The second-order valence-electron chi connectivity index (χ2n) is 5.80. The number of hydrogen-bond donors (Lipinski definition) is 2. The van der Waals surface area contributed by atoms with E-state index < -0.39 is 11.5 Å². The average Bonchev–Trinajstić information content (AvgIpc) is 3.07. The van der Waals surface area contributed by atoms with Crippen molar-refractivity contribution in [3.8, 4) is 0 Å². The van der Waals surface area contributed by atoms with Crippen LogP contribution in [0.3, 0.4) is 0 Å². The number of hydrogen-bond acceptors (Lipinski definition) is 2. The van der Waals surface area contributed by atoms with E-state index in [0.29, 0.717) is 0 Å². The van der Waals surface area contributed by atoms with Gasteiger partial charge in [0.1, 0.15) is 0 Å². The number of carboxylic acid groups (broad SMARTS) is 1. The van der Waals surface area contributed by atoms with Crippen molar-refractivity contribution in [3.05, 3.63) is 35.9 Å². The standard InChI is InChI=1S/C15H19NO3/c1-15(2,9-13(17)18)16-14(19)12-8-11(12)10-6-4-3-5-7-10/h3-7,11-12H,8-9H2,1-2H3,(H,16,19)(H,17,18). The number of carbonyl (C=O) groups excluding carboxylic acids is 1. The molecule has 1 fully saturated rings. The van der Waals surface area contributed by atoms with Crippen LogP contribution in [-0.2, 0) is 9.59 Å². The lowest BCUT2D eigenvalue weighted by atomic mass is 10.00. The fourth-order valence-corrected chi connectivity index (χ4v) is 2.40. The van der Waals surface area contributed by atoms with Gasteiger partial charge >= 0.3 is 5.97 Å². The Kier molecular flexibility index (Phi) is 3.60. The highest BCUT2D eigenvalue weighted by atomic mass is 16.4. The molecule has 0 bridgehead atoms. The van der Waals surface area contributed by atoms with Crippen molar-refractivity contribution in [1.29, 1.82) is 0 Å². The number of rotatable bonds is 5. The van der Waals surface area contributed by atoms with Gasteiger partial charge in [0.15, 0.2) is 0 Å². The van der Waals surface area contributed by atoms with E-state index in [1.54, 1.807) is 13.8 Å². The van der Waals surface area contributed by atoms with Gasteiger partial charge in [-0.2, -0.15) is 0 Å². The van der Waals surface area contributed by atoms with Crippen LogP contribution in [-0.4, -0.2) is 22.5 Å². The van der Waals surface area contributed by atoms with Crippen LogP contribution in [0.2, 0.25) is 0 Å². The summed E-state index contributed by atoms with van der Waals surface area (Å²) in [5, 5.41) is 11.6. The Hall–Kier alpha value is -1.84. The smallest absolute Gasteiger partial charge is 0.305 e. The van der Waals surface area contributed by atoms with E-state index in [1.165, 1.54) is 5.56 Å². The number of nitrogens with one attached hydrogen (secondary N) is 1. The monoisotopic (exact) mass is 261 g/mol. The van der Waals surface area contributed by atoms with Crippen LogP contribution in [0.4, 0.5) is 0 Å². The third kappa shape index (κ3) is 3.56. The van der Waals surface area contributed by atoms with Crippen molar-refractivity contribution in [2.24, 2.45) is 5.92 Å². The summed E-state index contributed by atoms with van der Waals surface area (Å²) in [6.45, 7) is 3.47. The summed E-state index contributed by atoms with van der Waals surface area (Å²) in [6.07, 6.45) is 0.778. The highest BCUT2D eigenvalue weighted by Gasteiger charge is 2.45. The molecule has 102 valence electrons. The van der Waals surface area contributed by atoms with Crippen LogP contribution in [0.1, 0.15) is 38.2 Å². The van der Waals surface area contributed by atoms with Crippen molar-refractivity contribution in [1.82, 2.24) is 5.32 Å². The highest BCUT2D eigenvalue weighted by Crippen LogP contribution is 2.47. The molecular formula is C15H19NO3. The van der Waals surface area contributed by atoms with E-state index in [2.05, 4.69) is 5.32 Å². The number of aliphatic carboxylic acids is 1. The van der Waals surface area contributed by atoms with Crippen molar-refractivity contribution >= 4 is 11.9 Å². The third-order valence-corrected chi connectivity index (χ3v) is 3.41. The second-order valence-corrected chi connectivity index (χ2v) is 5.80. The Bertz CT molecular complexity index is 481. The number of amides is 1. The Labute approximate surface area is 112 Å². The van der Waals surface area contributed by atoms with E-state index in [0.717, 1.165) is 6.42 Å². The largest absolute Gasteiger partial charge is 0.481 e. The van der Waals surface area contributed by atoms with Gasteiger partial charge in [-0.3, -0.25) is 9.59 Å². The number of carboxylic acids is 1. The molecule has 2 rings (SSSR count). The fraction of sp³-hybridized carbons (Fsp3) is 0.467. The van der Waals surface area contributed by atoms with E-state index in [4.69, 9.17) is 5.11 Å². The molecule has 4 nitrogen and oxygen atoms in total. The molecule has 0 heterocycles. The Morgan fingerprint density at radius 2 is 1.95 bits per heavy atom. The first-order valence-electron chi connectivity index (χ1n) is 6.48. The van der Waals surface area contributed by atoms with Crippen molar-refractivity contribution in [2.45, 2.75) is 38.1 Å².